The number of rotatable bonds is 7. The highest BCUT2D eigenvalue weighted by atomic mass is 32.1. The van der Waals surface area contributed by atoms with Crippen molar-refractivity contribution in [3.05, 3.63) is 35.0 Å². The van der Waals surface area contributed by atoms with E-state index in [0.717, 1.165) is 6.42 Å². The van der Waals surface area contributed by atoms with Crippen LogP contribution in [0, 0.1) is 0 Å². The van der Waals surface area contributed by atoms with E-state index in [9.17, 15) is 9.59 Å². The van der Waals surface area contributed by atoms with E-state index in [1.807, 2.05) is 11.4 Å². The van der Waals surface area contributed by atoms with Crippen LogP contribution in [0.15, 0.2) is 30.2 Å². The average Bonchev–Trinajstić information content (AvgIpc) is 2.82. The van der Waals surface area contributed by atoms with Crippen LogP contribution in [0.25, 0.3) is 0 Å². The van der Waals surface area contributed by atoms with Crippen LogP contribution < -0.4 is 10.6 Å². The molecule has 0 radical (unpaired) electrons. The summed E-state index contributed by atoms with van der Waals surface area (Å²) in [7, 11) is 0. The number of carbonyl (C=O) groups excluding carboxylic acids is 2. The zero-order chi connectivity index (χ0) is 12.5. The van der Waals surface area contributed by atoms with Gasteiger partial charge < -0.3 is 10.6 Å². The third-order valence-electron chi connectivity index (χ3n) is 2.05. The first kappa shape index (κ1) is 13.4. The summed E-state index contributed by atoms with van der Waals surface area (Å²) >= 11 is 1.38. The van der Waals surface area contributed by atoms with E-state index in [1.165, 1.54) is 11.3 Å². The topological polar surface area (TPSA) is 58.2 Å². The molecule has 2 N–H and O–H groups in total. The fourth-order valence-corrected chi connectivity index (χ4v) is 1.83. The predicted octanol–water partition coefficient (Wildman–Crippen LogP) is 1.56. The SMILES string of the molecule is C=CCCNC(=O)CCNC(=O)c1cccs1. The summed E-state index contributed by atoms with van der Waals surface area (Å²) in [6, 6.07) is 3.58. The molecule has 0 fully saturated rings. The minimum atomic E-state index is -0.126. The van der Waals surface area contributed by atoms with Crippen molar-refractivity contribution in [2.75, 3.05) is 13.1 Å². The van der Waals surface area contributed by atoms with E-state index in [-0.39, 0.29) is 11.8 Å². The second-order valence-corrected chi connectivity index (χ2v) is 4.36. The minimum absolute atomic E-state index is 0.0571. The lowest BCUT2D eigenvalue weighted by atomic mass is 10.3. The molecule has 1 aromatic rings. The number of hydrogen-bond acceptors (Lipinski definition) is 3. The molecule has 4 nitrogen and oxygen atoms in total. The molecule has 0 aliphatic heterocycles. The Bertz CT molecular complexity index is 374. The van der Waals surface area contributed by atoms with Crippen molar-refractivity contribution in [1.29, 1.82) is 0 Å². The normalized spacial score (nSPS) is 9.65. The first-order chi connectivity index (χ1) is 8.24. The maximum absolute atomic E-state index is 11.5. The van der Waals surface area contributed by atoms with Gasteiger partial charge in [-0.15, -0.1) is 17.9 Å². The van der Waals surface area contributed by atoms with Gasteiger partial charge in [-0.05, 0) is 17.9 Å². The Morgan fingerprint density at radius 3 is 2.82 bits per heavy atom. The highest BCUT2D eigenvalue weighted by Gasteiger charge is 2.06. The second kappa shape index (κ2) is 7.62. The number of amides is 2. The Morgan fingerprint density at radius 1 is 1.35 bits per heavy atom. The molecule has 5 heteroatoms. The van der Waals surface area contributed by atoms with E-state index in [2.05, 4.69) is 17.2 Å². The molecule has 17 heavy (non-hydrogen) atoms. The van der Waals surface area contributed by atoms with E-state index >= 15 is 0 Å². The summed E-state index contributed by atoms with van der Waals surface area (Å²) in [5, 5.41) is 7.27. The molecule has 0 spiro atoms. The summed E-state index contributed by atoms with van der Waals surface area (Å²) in [5.41, 5.74) is 0. The number of nitrogens with one attached hydrogen (secondary N) is 2. The Labute approximate surface area is 105 Å². The molecular weight excluding hydrogens is 236 g/mol. The van der Waals surface area contributed by atoms with Crippen molar-refractivity contribution in [2.45, 2.75) is 12.8 Å². The Morgan fingerprint density at radius 2 is 2.18 bits per heavy atom. The van der Waals surface area contributed by atoms with Gasteiger partial charge >= 0.3 is 0 Å². The standard InChI is InChI=1S/C12H16N2O2S/c1-2-3-7-13-11(15)6-8-14-12(16)10-5-4-9-17-10/h2,4-5,9H,1,3,6-8H2,(H,13,15)(H,14,16). The van der Waals surface area contributed by atoms with Crippen molar-refractivity contribution in [1.82, 2.24) is 10.6 Å². The lowest BCUT2D eigenvalue weighted by Crippen LogP contribution is -2.30. The van der Waals surface area contributed by atoms with Gasteiger partial charge in [0.25, 0.3) is 5.91 Å². The molecule has 0 bridgehead atoms. The third-order valence-corrected chi connectivity index (χ3v) is 2.92. The summed E-state index contributed by atoms with van der Waals surface area (Å²) in [4.78, 5) is 23.5. The Hall–Kier alpha value is -1.62. The van der Waals surface area contributed by atoms with E-state index in [1.54, 1.807) is 12.1 Å². The maximum atomic E-state index is 11.5. The number of hydrogen-bond donors (Lipinski definition) is 2. The van der Waals surface area contributed by atoms with Gasteiger partial charge in [0.2, 0.25) is 5.91 Å². The van der Waals surface area contributed by atoms with Gasteiger partial charge in [0.1, 0.15) is 0 Å². The molecule has 92 valence electrons. The molecule has 0 saturated carbocycles. The number of carbonyl (C=O) groups is 2. The van der Waals surface area contributed by atoms with Crippen LogP contribution in [-0.4, -0.2) is 24.9 Å². The van der Waals surface area contributed by atoms with Crippen LogP contribution in [0.3, 0.4) is 0 Å². The minimum Gasteiger partial charge on any atom is -0.356 e. The van der Waals surface area contributed by atoms with Gasteiger partial charge in [0.05, 0.1) is 4.88 Å². The third kappa shape index (κ3) is 5.31. The molecule has 0 unspecified atom stereocenters. The molecule has 0 saturated heterocycles. The van der Waals surface area contributed by atoms with Crippen LogP contribution >= 0.6 is 11.3 Å². The highest BCUT2D eigenvalue weighted by molar-refractivity contribution is 7.12. The Kier molecular flexibility index (Phi) is 6.03. The number of thiophene rings is 1. The van der Waals surface area contributed by atoms with Crippen molar-refractivity contribution >= 4 is 23.2 Å². The smallest absolute Gasteiger partial charge is 0.261 e. The molecule has 2 amide bonds. The van der Waals surface area contributed by atoms with E-state index < -0.39 is 0 Å². The van der Waals surface area contributed by atoms with Gasteiger partial charge in [-0.2, -0.15) is 0 Å². The lowest BCUT2D eigenvalue weighted by molar-refractivity contribution is -0.120. The van der Waals surface area contributed by atoms with E-state index in [4.69, 9.17) is 0 Å². The molecule has 1 rings (SSSR count). The van der Waals surface area contributed by atoms with Gasteiger partial charge in [-0.1, -0.05) is 12.1 Å². The highest BCUT2D eigenvalue weighted by Crippen LogP contribution is 2.07. The van der Waals surface area contributed by atoms with Crippen LogP contribution in [0.4, 0.5) is 0 Å². The quantitative estimate of drug-likeness (QED) is 0.571. The monoisotopic (exact) mass is 252 g/mol. The molecule has 1 heterocycles. The average molecular weight is 252 g/mol. The maximum Gasteiger partial charge on any atom is 0.261 e. The molecule has 0 aromatic carbocycles. The van der Waals surface area contributed by atoms with Crippen LogP contribution in [0.2, 0.25) is 0 Å². The summed E-state index contributed by atoms with van der Waals surface area (Å²) < 4.78 is 0. The molecule has 1 aromatic heterocycles. The second-order valence-electron chi connectivity index (χ2n) is 3.41. The first-order valence-electron chi connectivity index (χ1n) is 5.43. The molecular formula is C12H16N2O2S. The van der Waals surface area contributed by atoms with Crippen LogP contribution in [0.5, 0.6) is 0 Å². The zero-order valence-corrected chi connectivity index (χ0v) is 10.4. The van der Waals surface area contributed by atoms with Crippen molar-refractivity contribution in [3.63, 3.8) is 0 Å². The summed E-state index contributed by atoms with van der Waals surface area (Å²) in [6.45, 7) is 4.52. The first-order valence-corrected chi connectivity index (χ1v) is 6.31. The zero-order valence-electron chi connectivity index (χ0n) is 9.57. The van der Waals surface area contributed by atoms with Crippen molar-refractivity contribution in [3.8, 4) is 0 Å². The molecule has 0 atom stereocenters. The Balaban J connectivity index is 2.13. The summed E-state index contributed by atoms with van der Waals surface area (Å²) in [5.74, 6) is -0.183. The van der Waals surface area contributed by atoms with Gasteiger partial charge in [-0.25, -0.2) is 0 Å². The molecule has 0 aliphatic carbocycles. The van der Waals surface area contributed by atoms with Gasteiger partial charge in [0.15, 0.2) is 0 Å². The fourth-order valence-electron chi connectivity index (χ4n) is 1.19. The lowest BCUT2D eigenvalue weighted by Gasteiger charge is -2.04. The van der Waals surface area contributed by atoms with Crippen LogP contribution in [0.1, 0.15) is 22.5 Å². The van der Waals surface area contributed by atoms with Crippen LogP contribution in [-0.2, 0) is 4.79 Å². The van der Waals surface area contributed by atoms with Crippen molar-refractivity contribution < 1.29 is 9.59 Å². The largest absolute Gasteiger partial charge is 0.356 e. The molecule has 0 aliphatic rings. The van der Waals surface area contributed by atoms with Crippen molar-refractivity contribution in [2.24, 2.45) is 0 Å². The fraction of sp³-hybridized carbons (Fsp3) is 0.333. The predicted molar refractivity (Wildman–Crippen MR) is 69.1 cm³/mol. The summed E-state index contributed by atoms with van der Waals surface area (Å²) in [6.07, 6.45) is 2.81. The van der Waals surface area contributed by atoms with Gasteiger partial charge in [-0.3, -0.25) is 9.59 Å². The van der Waals surface area contributed by atoms with E-state index in [0.29, 0.717) is 24.4 Å². The van der Waals surface area contributed by atoms with Gasteiger partial charge in [0, 0.05) is 19.5 Å².